The monoisotopic (exact) mass is 467 g/mol. The Labute approximate surface area is 192 Å². The van der Waals surface area contributed by atoms with Crippen molar-refractivity contribution in [3.8, 4) is 11.5 Å². The van der Waals surface area contributed by atoms with Crippen LogP contribution in [0.3, 0.4) is 0 Å². The van der Waals surface area contributed by atoms with E-state index in [0.29, 0.717) is 15.6 Å². The van der Waals surface area contributed by atoms with Gasteiger partial charge in [0.05, 0.1) is 16.9 Å². The number of carbonyl (C=O) groups is 2. The summed E-state index contributed by atoms with van der Waals surface area (Å²) in [5, 5.41) is 20.6. The number of rotatable bonds is 10. The van der Waals surface area contributed by atoms with Crippen molar-refractivity contribution in [1.29, 1.82) is 0 Å². The maximum atomic E-state index is 12.6. The molecule has 10 nitrogen and oxygen atoms in total. The Hall–Kier alpha value is -4.25. The van der Waals surface area contributed by atoms with Crippen LogP contribution in [-0.4, -0.2) is 45.5 Å². The summed E-state index contributed by atoms with van der Waals surface area (Å²) < 4.78 is 10.3. The maximum Gasteiger partial charge on any atom is 0.341 e. The molecular formula is C22H17N3O7S. The Bertz CT molecular complexity index is 1220. The number of nitrogens with zero attached hydrogens (tertiary/aromatic N) is 3. The number of benzene rings is 2. The lowest BCUT2D eigenvalue weighted by molar-refractivity contribution is -0.387. The smallest absolute Gasteiger partial charge is 0.341 e. The normalized spacial score (nSPS) is 10.7. The highest BCUT2D eigenvalue weighted by Gasteiger charge is 2.17. The van der Waals surface area contributed by atoms with E-state index in [1.807, 2.05) is 0 Å². The molecule has 33 heavy (non-hydrogen) atoms. The summed E-state index contributed by atoms with van der Waals surface area (Å²) in [5.41, 5.74) is 0.596. The lowest BCUT2D eigenvalue weighted by Crippen LogP contribution is -2.10. The molecule has 168 valence electrons. The molecule has 2 aromatic carbocycles. The fourth-order valence-electron chi connectivity index (χ4n) is 2.65. The van der Waals surface area contributed by atoms with Gasteiger partial charge in [0.2, 0.25) is 0 Å². The lowest BCUT2D eigenvalue weighted by atomic mass is 10.1. The first-order valence-corrected chi connectivity index (χ1v) is 10.2. The number of ether oxygens (including phenoxy) is 2. The molecule has 0 aliphatic heterocycles. The van der Waals surface area contributed by atoms with Crippen LogP contribution in [0.1, 0.15) is 15.9 Å². The highest BCUT2D eigenvalue weighted by atomic mass is 32.2. The van der Waals surface area contributed by atoms with Crippen LogP contribution in [-0.2, 0) is 4.79 Å². The molecule has 0 saturated carbocycles. The molecule has 0 aliphatic carbocycles. The zero-order valence-corrected chi connectivity index (χ0v) is 18.0. The van der Waals surface area contributed by atoms with E-state index in [0.717, 1.165) is 11.8 Å². The van der Waals surface area contributed by atoms with Crippen molar-refractivity contribution in [2.45, 2.75) is 10.1 Å². The van der Waals surface area contributed by atoms with Crippen LogP contribution in [0.5, 0.6) is 11.5 Å². The van der Waals surface area contributed by atoms with Gasteiger partial charge in [-0.25, -0.2) is 14.8 Å². The number of carboxylic acids is 1. The average molecular weight is 467 g/mol. The number of carboxylic acid groups (broad SMARTS) is 1. The molecule has 0 bridgehead atoms. The number of methoxy groups -OCH3 is 1. The standard InChI is InChI=1S/C22H17N3O7S/c1-31-19-12-15(5-7-18(19)32-13-21(27)28)17(26)6-3-14-4-8-20(16(11-14)25(29)30)33-22-23-9-2-10-24-22/h2-12H,13H2,1H3,(H,27,28)/b6-3+. The average Bonchev–Trinajstić information content (AvgIpc) is 2.82. The summed E-state index contributed by atoms with van der Waals surface area (Å²) in [7, 11) is 1.37. The number of hydrogen-bond acceptors (Lipinski definition) is 9. The Morgan fingerprint density at radius 2 is 1.91 bits per heavy atom. The summed E-state index contributed by atoms with van der Waals surface area (Å²) in [6.45, 7) is -0.549. The van der Waals surface area contributed by atoms with Crippen molar-refractivity contribution >= 4 is 35.3 Å². The van der Waals surface area contributed by atoms with Crippen molar-refractivity contribution in [3.05, 3.63) is 82.2 Å². The minimum atomic E-state index is -1.14. The van der Waals surface area contributed by atoms with E-state index in [1.54, 1.807) is 30.6 Å². The first-order valence-electron chi connectivity index (χ1n) is 9.35. The second-order valence-corrected chi connectivity index (χ2v) is 7.37. The lowest BCUT2D eigenvalue weighted by Gasteiger charge is -2.10. The molecule has 0 radical (unpaired) electrons. The van der Waals surface area contributed by atoms with Crippen LogP contribution in [0, 0.1) is 10.1 Å². The van der Waals surface area contributed by atoms with Crippen LogP contribution < -0.4 is 9.47 Å². The number of carbonyl (C=O) groups excluding carboxylic acids is 1. The van der Waals surface area contributed by atoms with Crippen molar-refractivity contribution < 1.29 is 29.1 Å². The zero-order chi connectivity index (χ0) is 23.8. The molecule has 0 amide bonds. The number of allylic oxidation sites excluding steroid dienone is 1. The minimum absolute atomic E-state index is 0.136. The number of hydrogen-bond donors (Lipinski definition) is 1. The summed E-state index contributed by atoms with van der Waals surface area (Å²) in [4.78, 5) is 42.7. The fourth-order valence-corrected chi connectivity index (χ4v) is 3.45. The third-order valence-electron chi connectivity index (χ3n) is 4.15. The van der Waals surface area contributed by atoms with Gasteiger partial charge < -0.3 is 14.6 Å². The SMILES string of the molecule is COc1cc(C(=O)/C=C/c2ccc(Sc3ncccn3)c([N+](=O)[O-])c2)ccc1OCC(=O)O. The van der Waals surface area contributed by atoms with Gasteiger partial charge in [0.15, 0.2) is 29.0 Å². The van der Waals surface area contributed by atoms with Gasteiger partial charge >= 0.3 is 5.97 Å². The number of nitro benzene ring substituents is 1. The molecule has 3 aromatic rings. The second-order valence-electron chi connectivity index (χ2n) is 6.36. The van der Waals surface area contributed by atoms with Gasteiger partial charge in [-0.1, -0.05) is 12.1 Å². The molecule has 0 saturated heterocycles. The molecule has 11 heteroatoms. The Morgan fingerprint density at radius 1 is 1.15 bits per heavy atom. The van der Waals surface area contributed by atoms with E-state index in [-0.39, 0.29) is 28.5 Å². The van der Waals surface area contributed by atoms with Gasteiger partial charge in [-0.2, -0.15) is 0 Å². The topological polar surface area (TPSA) is 142 Å². The molecule has 1 aromatic heterocycles. The molecule has 1 heterocycles. The summed E-state index contributed by atoms with van der Waals surface area (Å²) in [5.74, 6) is -1.13. The highest BCUT2D eigenvalue weighted by Crippen LogP contribution is 2.34. The molecule has 1 N–H and O–H groups in total. The summed E-state index contributed by atoms with van der Waals surface area (Å²) in [6.07, 6.45) is 5.83. The first-order chi connectivity index (χ1) is 15.9. The van der Waals surface area contributed by atoms with Gasteiger partial charge in [0, 0.05) is 24.0 Å². The summed E-state index contributed by atoms with van der Waals surface area (Å²) >= 11 is 1.07. The minimum Gasteiger partial charge on any atom is -0.493 e. The van der Waals surface area contributed by atoms with Gasteiger partial charge in [0.1, 0.15) is 0 Å². The van der Waals surface area contributed by atoms with E-state index >= 15 is 0 Å². The third-order valence-corrected chi connectivity index (χ3v) is 5.11. The van der Waals surface area contributed by atoms with Crippen molar-refractivity contribution in [3.63, 3.8) is 0 Å². The largest absolute Gasteiger partial charge is 0.493 e. The van der Waals surface area contributed by atoms with Gasteiger partial charge in [0.25, 0.3) is 5.69 Å². The molecule has 3 rings (SSSR count). The maximum absolute atomic E-state index is 12.6. The fraction of sp³-hybridized carbons (Fsp3) is 0.0909. The summed E-state index contributed by atoms with van der Waals surface area (Å²) in [6, 6.07) is 10.5. The van der Waals surface area contributed by atoms with E-state index in [9.17, 15) is 19.7 Å². The number of aromatic nitrogens is 2. The number of aliphatic carboxylic acids is 1. The predicted octanol–water partition coefficient (Wildman–Crippen LogP) is 3.90. The van der Waals surface area contributed by atoms with Gasteiger partial charge in [-0.15, -0.1) is 0 Å². The molecule has 0 atom stereocenters. The molecule has 0 unspecified atom stereocenters. The first kappa shape index (κ1) is 23.4. The van der Waals surface area contributed by atoms with Crippen LogP contribution in [0.4, 0.5) is 5.69 Å². The van der Waals surface area contributed by atoms with Gasteiger partial charge in [-0.05, 0) is 53.7 Å². The van der Waals surface area contributed by atoms with E-state index in [1.165, 1.54) is 43.5 Å². The van der Waals surface area contributed by atoms with E-state index in [4.69, 9.17) is 14.6 Å². The van der Waals surface area contributed by atoms with Crippen LogP contribution in [0.2, 0.25) is 0 Å². The molecule has 0 spiro atoms. The zero-order valence-electron chi connectivity index (χ0n) is 17.2. The highest BCUT2D eigenvalue weighted by molar-refractivity contribution is 7.99. The Kier molecular flexibility index (Phi) is 7.71. The number of nitro groups is 1. The van der Waals surface area contributed by atoms with Crippen molar-refractivity contribution in [2.75, 3.05) is 13.7 Å². The van der Waals surface area contributed by atoms with Crippen LogP contribution in [0.15, 0.2) is 71.0 Å². The second kappa shape index (κ2) is 10.9. The van der Waals surface area contributed by atoms with E-state index in [2.05, 4.69) is 9.97 Å². The Balaban J connectivity index is 1.78. The number of ketones is 1. The van der Waals surface area contributed by atoms with E-state index < -0.39 is 17.5 Å². The van der Waals surface area contributed by atoms with Crippen molar-refractivity contribution in [2.24, 2.45) is 0 Å². The van der Waals surface area contributed by atoms with Crippen molar-refractivity contribution in [1.82, 2.24) is 9.97 Å². The quantitative estimate of drug-likeness (QED) is 0.153. The van der Waals surface area contributed by atoms with Gasteiger partial charge in [-0.3, -0.25) is 14.9 Å². The van der Waals surface area contributed by atoms with Crippen LogP contribution >= 0.6 is 11.8 Å². The third kappa shape index (κ3) is 6.37. The Morgan fingerprint density at radius 3 is 2.58 bits per heavy atom. The predicted molar refractivity (Wildman–Crippen MR) is 119 cm³/mol. The molecule has 0 fully saturated rings. The molecular weight excluding hydrogens is 450 g/mol. The van der Waals surface area contributed by atoms with Crippen LogP contribution in [0.25, 0.3) is 6.08 Å². The molecule has 0 aliphatic rings.